The highest BCUT2D eigenvalue weighted by Gasteiger charge is 2.41. The monoisotopic (exact) mass is 414 g/mol. The fourth-order valence-electron chi connectivity index (χ4n) is 3.39. The quantitative estimate of drug-likeness (QED) is 0.248. The minimum Gasteiger partial charge on any atom is -0.494 e. The molecule has 30 heavy (non-hydrogen) atoms. The van der Waals surface area contributed by atoms with Gasteiger partial charge >= 0.3 is 5.97 Å². The van der Waals surface area contributed by atoms with Crippen LogP contribution >= 0.6 is 0 Å². The van der Waals surface area contributed by atoms with Gasteiger partial charge in [0.2, 0.25) is 0 Å². The first-order valence-electron chi connectivity index (χ1n) is 11.8. The van der Waals surface area contributed by atoms with Crippen molar-refractivity contribution >= 4 is 5.97 Å². The predicted octanol–water partition coefficient (Wildman–Crippen LogP) is 6.48. The molecular formula is C26H38O4. The molecule has 0 aliphatic heterocycles. The van der Waals surface area contributed by atoms with Gasteiger partial charge in [0.1, 0.15) is 11.5 Å². The lowest BCUT2D eigenvalue weighted by Gasteiger charge is -2.08. The van der Waals surface area contributed by atoms with Crippen LogP contribution in [-0.2, 0) is 4.79 Å². The molecule has 1 N–H and O–H groups in total. The molecule has 2 unspecified atom stereocenters. The molecule has 1 aliphatic rings. The van der Waals surface area contributed by atoms with E-state index in [1.807, 2.05) is 24.3 Å². The number of unbranched alkanes of at least 4 members (excludes halogenated alkanes) is 9. The lowest BCUT2D eigenvalue weighted by molar-refractivity contribution is -0.138. The topological polar surface area (TPSA) is 55.8 Å². The second kappa shape index (κ2) is 14.8. The van der Waals surface area contributed by atoms with Crippen LogP contribution in [0.3, 0.4) is 0 Å². The predicted molar refractivity (Wildman–Crippen MR) is 121 cm³/mol. The van der Waals surface area contributed by atoms with Gasteiger partial charge in [-0.3, -0.25) is 4.79 Å². The zero-order valence-corrected chi connectivity index (χ0v) is 18.5. The van der Waals surface area contributed by atoms with Crippen LogP contribution in [0.1, 0.15) is 84.0 Å². The fraction of sp³-hybridized carbons (Fsp3) is 0.654. The number of carbonyl (C=O) groups is 1. The number of hydrogen-bond acceptors (Lipinski definition) is 3. The maximum Gasteiger partial charge on any atom is 0.307 e. The summed E-state index contributed by atoms with van der Waals surface area (Å²) in [7, 11) is 0. The highest BCUT2D eigenvalue weighted by Crippen LogP contribution is 2.37. The highest BCUT2D eigenvalue weighted by molar-refractivity contribution is 5.74. The van der Waals surface area contributed by atoms with Crippen LogP contribution in [0, 0.1) is 23.7 Å². The molecule has 2 atom stereocenters. The van der Waals surface area contributed by atoms with Gasteiger partial charge < -0.3 is 14.6 Å². The summed E-state index contributed by atoms with van der Waals surface area (Å²) in [5.41, 5.74) is 0. The van der Waals surface area contributed by atoms with Gasteiger partial charge in [-0.1, -0.05) is 57.8 Å². The fourth-order valence-corrected chi connectivity index (χ4v) is 3.39. The average Bonchev–Trinajstić information content (AvgIpc) is 3.53. The second-order valence-corrected chi connectivity index (χ2v) is 8.21. The zero-order valence-electron chi connectivity index (χ0n) is 18.5. The molecule has 4 nitrogen and oxygen atoms in total. The van der Waals surface area contributed by atoms with E-state index < -0.39 is 5.97 Å². The van der Waals surface area contributed by atoms with E-state index in [0.717, 1.165) is 43.8 Å². The third-order valence-electron chi connectivity index (χ3n) is 5.45. The third-order valence-corrected chi connectivity index (χ3v) is 5.45. The summed E-state index contributed by atoms with van der Waals surface area (Å²) in [5, 5.41) is 8.83. The largest absolute Gasteiger partial charge is 0.494 e. The molecule has 1 fully saturated rings. The average molecular weight is 415 g/mol. The molecule has 0 amide bonds. The van der Waals surface area contributed by atoms with Crippen molar-refractivity contribution in [2.75, 3.05) is 13.2 Å². The summed E-state index contributed by atoms with van der Waals surface area (Å²) < 4.78 is 11.6. The second-order valence-electron chi connectivity index (χ2n) is 8.21. The molecule has 0 aromatic heterocycles. The van der Waals surface area contributed by atoms with Crippen molar-refractivity contribution < 1.29 is 19.4 Å². The molecule has 0 saturated heterocycles. The summed E-state index contributed by atoms with van der Waals surface area (Å²) in [6, 6.07) is 7.87. The SMILES string of the molecule is CCCCCCCCCCOc1ccc(OCCCCC#CC2CC2C(=O)O)cc1. The van der Waals surface area contributed by atoms with Crippen LogP contribution in [0.5, 0.6) is 11.5 Å². The van der Waals surface area contributed by atoms with E-state index >= 15 is 0 Å². The first-order chi connectivity index (χ1) is 14.7. The maximum absolute atomic E-state index is 10.7. The van der Waals surface area contributed by atoms with Gasteiger partial charge in [0.25, 0.3) is 0 Å². The molecular weight excluding hydrogens is 376 g/mol. The Kier molecular flexibility index (Phi) is 11.9. The molecule has 0 bridgehead atoms. The van der Waals surface area contributed by atoms with Gasteiger partial charge in [-0.2, -0.15) is 0 Å². The van der Waals surface area contributed by atoms with Gasteiger partial charge in [-0.25, -0.2) is 0 Å². The number of aliphatic carboxylic acids is 1. The van der Waals surface area contributed by atoms with Crippen LogP contribution < -0.4 is 9.47 Å². The lowest BCUT2D eigenvalue weighted by Crippen LogP contribution is -1.99. The minimum absolute atomic E-state index is 0.0787. The van der Waals surface area contributed by atoms with Gasteiger partial charge in [0, 0.05) is 12.3 Å². The molecule has 0 heterocycles. The van der Waals surface area contributed by atoms with E-state index in [4.69, 9.17) is 14.6 Å². The Labute approximate surface area is 182 Å². The molecule has 0 radical (unpaired) electrons. The summed E-state index contributed by atoms with van der Waals surface area (Å²) in [6.07, 6.45) is 13.9. The Morgan fingerprint density at radius 3 is 1.97 bits per heavy atom. The van der Waals surface area contributed by atoms with E-state index in [1.165, 1.54) is 44.9 Å². The Balaban J connectivity index is 1.44. The molecule has 4 heteroatoms. The van der Waals surface area contributed by atoms with E-state index in [9.17, 15) is 4.79 Å². The number of hydrogen-bond donors (Lipinski definition) is 1. The van der Waals surface area contributed by atoms with E-state index in [-0.39, 0.29) is 11.8 Å². The van der Waals surface area contributed by atoms with Gasteiger partial charge in [-0.05, 0) is 49.9 Å². The van der Waals surface area contributed by atoms with Crippen molar-refractivity contribution in [3.05, 3.63) is 24.3 Å². The van der Waals surface area contributed by atoms with Gasteiger partial charge in [0.05, 0.1) is 19.1 Å². The van der Waals surface area contributed by atoms with Crippen molar-refractivity contribution in [2.24, 2.45) is 11.8 Å². The van der Waals surface area contributed by atoms with Crippen LogP contribution in [0.4, 0.5) is 0 Å². The smallest absolute Gasteiger partial charge is 0.307 e. The maximum atomic E-state index is 10.7. The number of ether oxygens (including phenoxy) is 2. The number of carboxylic acid groups (broad SMARTS) is 1. The molecule has 1 aromatic carbocycles. The number of rotatable bonds is 16. The minimum atomic E-state index is -0.715. The Hall–Kier alpha value is -2.15. The van der Waals surface area contributed by atoms with Crippen LogP contribution in [-0.4, -0.2) is 24.3 Å². The van der Waals surface area contributed by atoms with Crippen LogP contribution in [0.25, 0.3) is 0 Å². The Morgan fingerprint density at radius 1 is 0.900 bits per heavy atom. The van der Waals surface area contributed by atoms with E-state index in [1.54, 1.807) is 0 Å². The standard InChI is InChI=1S/C26H38O4/c1-2-3-4-5-6-7-9-12-19-29-23-15-17-24(18-16-23)30-20-13-10-8-11-14-22-21-25(22)26(27)28/h15-18,22,25H,2-10,12-13,19-21H2,1H3,(H,27,28). The molecule has 2 rings (SSSR count). The number of benzene rings is 1. The van der Waals surface area contributed by atoms with E-state index in [2.05, 4.69) is 18.8 Å². The zero-order chi connectivity index (χ0) is 21.4. The summed E-state index contributed by atoms with van der Waals surface area (Å²) in [6.45, 7) is 3.70. The van der Waals surface area contributed by atoms with Gasteiger partial charge in [-0.15, -0.1) is 5.92 Å². The van der Waals surface area contributed by atoms with Crippen molar-refractivity contribution in [3.63, 3.8) is 0 Å². The first-order valence-corrected chi connectivity index (χ1v) is 11.8. The Morgan fingerprint density at radius 2 is 1.43 bits per heavy atom. The van der Waals surface area contributed by atoms with Crippen molar-refractivity contribution in [1.82, 2.24) is 0 Å². The van der Waals surface area contributed by atoms with Gasteiger partial charge in [0.15, 0.2) is 0 Å². The number of carboxylic acids is 1. The molecule has 1 aromatic rings. The highest BCUT2D eigenvalue weighted by atomic mass is 16.5. The van der Waals surface area contributed by atoms with Crippen molar-refractivity contribution in [2.45, 2.75) is 84.0 Å². The van der Waals surface area contributed by atoms with Crippen molar-refractivity contribution in [1.29, 1.82) is 0 Å². The molecule has 166 valence electrons. The summed E-state index contributed by atoms with van der Waals surface area (Å²) in [4.78, 5) is 10.7. The Bertz CT molecular complexity index is 656. The first kappa shape index (κ1) is 24.1. The molecule has 1 aliphatic carbocycles. The van der Waals surface area contributed by atoms with E-state index in [0.29, 0.717) is 13.0 Å². The van der Waals surface area contributed by atoms with Crippen LogP contribution in [0.2, 0.25) is 0 Å². The van der Waals surface area contributed by atoms with Crippen molar-refractivity contribution in [3.8, 4) is 23.3 Å². The van der Waals surface area contributed by atoms with Crippen LogP contribution in [0.15, 0.2) is 24.3 Å². The third kappa shape index (κ3) is 10.6. The normalized spacial score (nSPS) is 17.1. The molecule has 1 saturated carbocycles. The summed E-state index contributed by atoms with van der Waals surface area (Å²) >= 11 is 0. The summed E-state index contributed by atoms with van der Waals surface area (Å²) in [5.74, 6) is 7.05. The lowest BCUT2D eigenvalue weighted by atomic mass is 10.1. The molecule has 0 spiro atoms.